The van der Waals surface area contributed by atoms with Gasteiger partial charge in [0.15, 0.2) is 0 Å². The number of hydrogen-bond acceptors (Lipinski definition) is 3. The van der Waals surface area contributed by atoms with Crippen LogP contribution in [0.25, 0.3) is 10.9 Å². The first-order chi connectivity index (χ1) is 7.79. The Bertz CT molecular complexity index is 617. The van der Waals surface area contributed by atoms with Crippen LogP contribution in [-0.4, -0.2) is 17.1 Å². The summed E-state index contributed by atoms with van der Waals surface area (Å²) in [4.78, 5) is 17.3. The van der Waals surface area contributed by atoms with Crippen LogP contribution in [0.3, 0.4) is 0 Å². The fourth-order valence-corrected chi connectivity index (χ4v) is 1.96. The van der Waals surface area contributed by atoms with E-state index in [1.165, 1.54) is 0 Å². The van der Waals surface area contributed by atoms with Crippen molar-refractivity contribution in [2.24, 2.45) is 5.10 Å². The summed E-state index contributed by atoms with van der Waals surface area (Å²) < 4.78 is 0. The van der Waals surface area contributed by atoms with Gasteiger partial charge in [-0.1, -0.05) is 0 Å². The summed E-state index contributed by atoms with van der Waals surface area (Å²) in [5.41, 5.74) is 5.37. The summed E-state index contributed by atoms with van der Waals surface area (Å²) in [5.74, 6) is -0.242. The molecule has 1 aliphatic heterocycles. The fourth-order valence-electron chi connectivity index (χ4n) is 1.85. The highest BCUT2D eigenvalue weighted by Gasteiger charge is 2.17. The molecule has 0 bridgehead atoms. The van der Waals surface area contributed by atoms with Gasteiger partial charge in [-0.25, -0.2) is 5.43 Å². The third-order valence-corrected chi connectivity index (χ3v) is 2.75. The third kappa shape index (κ3) is 1.18. The van der Waals surface area contributed by atoms with Crippen molar-refractivity contribution in [3.63, 3.8) is 0 Å². The number of aromatic nitrogens is 1. The standard InChI is InChI=1S/C10H7ClN4O/c11-14-6-1-7-9-5(3-12-8(9)2-6)4-13-15-10(7)16/h1-4,12,14H,(H,15,16). The molecular formula is C10H7ClN4O. The number of hydrogen-bond donors (Lipinski definition) is 3. The minimum atomic E-state index is -0.242. The summed E-state index contributed by atoms with van der Waals surface area (Å²) in [5, 5.41) is 4.68. The predicted octanol–water partition coefficient (Wildman–Crippen LogP) is 1.81. The number of amides is 1. The molecule has 3 rings (SSSR count). The van der Waals surface area contributed by atoms with Gasteiger partial charge in [0, 0.05) is 34.4 Å². The maximum Gasteiger partial charge on any atom is 0.272 e. The van der Waals surface area contributed by atoms with Gasteiger partial charge in [-0.2, -0.15) is 5.10 Å². The van der Waals surface area contributed by atoms with Gasteiger partial charge in [0.1, 0.15) is 0 Å². The summed E-state index contributed by atoms with van der Waals surface area (Å²) in [7, 11) is 0. The number of hydrazone groups is 1. The van der Waals surface area contributed by atoms with Crippen molar-refractivity contribution in [3.8, 4) is 0 Å². The average Bonchev–Trinajstić information content (AvgIpc) is 2.63. The molecule has 0 aliphatic carbocycles. The fraction of sp³-hybridized carbons (Fsp3) is 0. The van der Waals surface area contributed by atoms with E-state index < -0.39 is 0 Å². The molecule has 16 heavy (non-hydrogen) atoms. The maximum absolute atomic E-state index is 11.7. The minimum absolute atomic E-state index is 0.242. The summed E-state index contributed by atoms with van der Waals surface area (Å²) >= 11 is 5.54. The number of carbonyl (C=O) groups excluding carboxylic acids is 1. The topological polar surface area (TPSA) is 69.3 Å². The van der Waals surface area contributed by atoms with E-state index in [4.69, 9.17) is 11.8 Å². The quantitative estimate of drug-likeness (QED) is 0.659. The summed E-state index contributed by atoms with van der Waals surface area (Å²) in [6.45, 7) is 0. The van der Waals surface area contributed by atoms with Gasteiger partial charge >= 0.3 is 0 Å². The SMILES string of the molecule is O=C1NN=Cc2c[nH]c3cc(NCl)cc1c23. The van der Waals surface area contributed by atoms with Crippen molar-refractivity contribution in [1.82, 2.24) is 10.4 Å². The Morgan fingerprint density at radius 2 is 2.25 bits per heavy atom. The number of nitrogens with zero attached hydrogens (tertiary/aromatic N) is 1. The van der Waals surface area contributed by atoms with Gasteiger partial charge in [0.05, 0.1) is 17.5 Å². The molecular weight excluding hydrogens is 228 g/mol. The Labute approximate surface area is 95.6 Å². The minimum Gasteiger partial charge on any atom is -0.360 e. The third-order valence-electron chi connectivity index (χ3n) is 2.53. The average molecular weight is 235 g/mol. The van der Waals surface area contributed by atoms with Crippen LogP contribution in [0.2, 0.25) is 0 Å². The molecule has 1 aromatic heterocycles. The molecule has 2 aromatic rings. The zero-order chi connectivity index (χ0) is 11.1. The van der Waals surface area contributed by atoms with Gasteiger partial charge in [-0.05, 0) is 12.1 Å². The highest BCUT2D eigenvalue weighted by molar-refractivity contribution is 6.25. The van der Waals surface area contributed by atoms with Crippen LogP contribution in [0.5, 0.6) is 0 Å². The number of H-pyrrole nitrogens is 1. The zero-order valence-electron chi connectivity index (χ0n) is 8.04. The van der Waals surface area contributed by atoms with Crippen molar-refractivity contribution >= 4 is 40.5 Å². The number of rotatable bonds is 1. The molecule has 0 unspecified atom stereocenters. The maximum atomic E-state index is 11.7. The van der Waals surface area contributed by atoms with Crippen LogP contribution >= 0.6 is 11.8 Å². The first kappa shape index (κ1) is 9.23. The van der Waals surface area contributed by atoms with E-state index in [2.05, 4.69) is 20.3 Å². The molecule has 1 amide bonds. The first-order valence-electron chi connectivity index (χ1n) is 4.65. The zero-order valence-corrected chi connectivity index (χ0v) is 8.80. The smallest absolute Gasteiger partial charge is 0.272 e. The molecule has 0 atom stereocenters. The van der Waals surface area contributed by atoms with E-state index in [0.29, 0.717) is 11.3 Å². The Hall–Kier alpha value is -2.01. The number of halogens is 1. The van der Waals surface area contributed by atoms with E-state index in [0.717, 1.165) is 16.5 Å². The van der Waals surface area contributed by atoms with Crippen LogP contribution in [0, 0.1) is 0 Å². The summed E-state index contributed by atoms with van der Waals surface area (Å²) in [6.07, 6.45) is 3.41. The van der Waals surface area contributed by atoms with Gasteiger partial charge in [0.2, 0.25) is 0 Å². The highest BCUT2D eigenvalue weighted by atomic mass is 35.5. The lowest BCUT2D eigenvalue weighted by atomic mass is 10.1. The number of aromatic amines is 1. The van der Waals surface area contributed by atoms with Crippen LogP contribution in [0.15, 0.2) is 23.4 Å². The molecule has 0 saturated heterocycles. The number of carbonyl (C=O) groups is 1. The van der Waals surface area contributed by atoms with E-state index >= 15 is 0 Å². The van der Waals surface area contributed by atoms with Gasteiger partial charge in [0.25, 0.3) is 5.91 Å². The van der Waals surface area contributed by atoms with Crippen molar-refractivity contribution in [3.05, 3.63) is 29.5 Å². The normalized spacial score (nSPS) is 13.7. The molecule has 0 fully saturated rings. The lowest BCUT2D eigenvalue weighted by Crippen LogP contribution is -2.16. The molecule has 1 aliphatic rings. The van der Waals surface area contributed by atoms with E-state index in [1.807, 2.05) is 6.07 Å². The second-order valence-corrected chi connectivity index (χ2v) is 3.67. The van der Waals surface area contributed by atoms with Crippen molar-refractivity contribution < 1.29 is 4.79 Å². The number of anilines is 1. The molecule has 2 heterocycles. The van der Waals surface area contributed by atoms with Gasteiger partial charge in [-0.15, -0.1) is 0 Å². The molecule has 1 aromatic carbocycles. The Kier molecular flexibility index (Phi) is 1.87. The van der Waals surface area contributed by atoms with Gasteiger partial charge in [-0.3, -0.25) is 9.63 Å². The lowest BCUT2D eigenvalue weighted by Gasteiger charge is -2.04. The number of benzene rings is 1. The highest BCUT2D eigenvalue weighted by Crippen LogP contribution is 2.27. The molecule has 5 nitrogen and oxygen atoms in total. The lowest BCUT2D eigenvalue weighted by molar-refractivity contribution is 0.0957. The second kappa shape index (κ2) is 3.24. The van der Waals surface area contributed by atoms with Gasteiger partial charge < -0.3 is 4.98 Å². The van der Waals surface area contributed by atoms with Crippen molar-refractivity contribution in [2.45, 2.75) is 0 Å². The first-order valence-corrected chi connectivity index (χ1v) is 5.02. The van der Waals surface area contributed by atoms with E-state index in [1.54, 1.807) is 18.5 Å². The van der Waals surface area contributed by atoms with E-state index in [-0.39, 0.29) is 5.91 Å². The Morgan fingerprint density at radius 3 is 3.06 bits per heavy atom. The van der Waals surface area contributed by atoms with Crippen molar-refractivity contribution in [1.29, 1.82) is 0 Å². The van der Waals surface area contributed by atoms with Crippen LogP contribution in [0.1, 0.15) is 15.9 Å². The second-order valence-electron chi connectivity index (χ2n) is 3.48. The predicted molar refractivity (Wildman–Crippen MR) is 62.8 cm³/mol. The summed E-state index contributed by atoms with van der Waals surface area (Å²) in [6, 6.07) is 3.53. The molecule has 80 valence electrons. The largest absolute Gasteiger partial charge is 0.360 e. The molecule has 0 radical (unpaired) electrons. The molecule has 0 spiro atoms. The van der Waals surface area contributed by atoms with Crippen LogP contribution < -0.4 is 10.3 Å². The van der Waals surface area contributed by atoms with Crippen LogP contribution in [0.4, 0.5) is 5.69 Å². The van der Waals surface area contributed by atoms with E-state index in [9.17, 15) is 4.79 Å². The Balaban J connectivity index is 2.42. The molecule has 3 N–H and O–H groups in total. The monoisotopic (exact) mass is 234 g/mol. The van der Waals surface area contributed by atoms with Crippen LogP contribution in [-0.2, 0) is 0 Å². The number of nitrogens with one attached hydrogen (secondary N) is 3. The Morgan fingerprint density at radius 1 is 1.38 bits per heavy atom. The molecule has 6 heteroatoms. The van der Waals surface area contributed by atoms with Crippen molar-refractivity contribution in [2.75, 3.05) is 4.84 Å². The molecule has 0 saturated carbocycles.